The van der Waals surface area contributed by atoms with E-state index >= 15 is 0 Å². The summed E-state index contributed by atoms with van der Waals surface area (Å²) >= 11 is 0.182. The molecule has 0 radical (unpaired) electrons. The standard InChI is InChI=1S/C12H12IN/c1-10-4-2-3-5-12(10)14-11-6-8-13-9-7-11/h2-9,14H,1H3. The molecule has 1 aromatic carbocycles. The summed E-state index contributed by atoms with van der Waals surface area (Å²) in [7, 11) is 0. The van der Waals surface area contributed by atoms with Crippen LogP contribution in [0, 0.1) is 6.92 Å². The van der Waals surface area contributed by atoms with E-state index in [2.05, 4.69) is 56.8 Å². The zero-order valence-corrected chi connectivity index (χ0v) is 10.2. The van der Waals surface area contributed by atoms with E-state index in [1.165, 1.54) is 16.9 Å². The van der Waals surface area contributed by atoms with E-state index in [-0.39, 0.29) is 20.7 Å². The van der Waals surface area contributed by atoms with Crippen LogP contribution in [-0.2, 0) is 0 Å². The molecule has 0 bridgehead atoms. The number of rotatable bonds is 2. The average Bonchev–Trinajstić information content (AvgIpc) is 2.23. The molecule has 1 heterocycles. The molecule has 1 aliphatic rings. The van der Waals surface area contributed by atoms with Crippen molar-refractivity contribution in [2.45, 2.75) is 6.92 Å². The normalized spacial score (nSPS) is 14.5. The van der Waals surface area contributed by atoms with Crippen LogP contribution in [-0.4, -0.2) is 4.01 Å². The van der Waals surface area contributed by atoms with Gasteiger partial charge in [0.1, 0.15) is 0 Å². The van der Waals surface area contributed by atoms with Gasteiger partial charge in [-0.1, -0.05) is 38.9 Å². The quantitative estimate of drug-likeness (QED) is 0.823. The molecule has 0 saturated carbocycles. The van der Waals surface area contributed by atoms with Crippen molar-refractivity contribution in [1.82, 2.24) is 0 Å². The minimum Gasteiger partial charge on any atom is -0.355 e. The molecular formula is C12H12IN. The molecule has 0 fully saturated rings. The number of benzene rings is 1. The summed E-state index contributed by atoms with van der Waals surface area (Å²) in [6, 6.07) is 8.34. The molecule has 14 heavy (non-hydrogen) atoms. The van der Waals surface area contributed by atoms with Gasteiger partial charge in [0, 0.05) is 11.4 Å². The number of halogens is 1. The summed E-state index contributed by atoms with van der Waals surface area (Å²) in [6.07, 6.45) is 4.33. The van der Waals surface area contributed by atoms with Crippen LogP contribution < -0.4 is 5.32 Å². The highest BCUT2D eigenvalue weighted by atomic mass is 127. The Balaban J connectivity index is 2.19. The monoisotopic (exact) mass is 297 g/mol. The van der Waals surface area contributed by atoms with Crippen LogP contribution in [0.15, 0.2) is 46.2 Å². The number of hydrogen-bond acceptors (Lipinski definition) is 1. The number of aryl methyl sites for hydroxylation is 1. The second-order valence-corrected chi connectivity index (χ2v) is 5.26. The third-order valence-corrected chi connectivity index (χ3v) is 3.60. The summed E-state index contributed by atoms with van der Waals surface area (Å²) in [5.74, 6) is 0. The van der Waals surface area contributed by atoms with E-state index in [4.69, 9.17) is 0 Å². The highest BCUT2D eigenvalue weighted by Crippen LogP contribution is 2.18. The summed E-state index contributed by atoms with van der Waals surface area (Å²) < 4.78 is 4.53. The molecule has 1 aromatic rings. The van der Waals surface area contributed by atoms with Crippen LogP contribution in [0.5, 0.6) is 0 Å². The van der Waals surface area contributed by atoms with E-state index in [9.17, 15) is 0 Å². The molecule has 0 aliphatic carbocycles. The summed E-state index contributed by atoms with van der Waals surface area (Å²) in [5, 5.41) is 3.41. The van der Waals surface area contributed by atoms with Crippen molar-refractivity contribution in [3.8, 4) is 0 Å². The van der Waals surface area contributed by atoms with Crippen molar-refractivity contribution in [1.29, 1.82) is 0 Å². The maximum atomic E-state index is 3.41. The van der Waals surface area contributed by atoms with Gasteiger partial charge in [0.25, 0.3) is 0 Å². The topological polar surface area (TPSA) is 12.0 Å². The Morgan fingerprint density at radius 3 is 2.79 bits per heavy atom. The Labute approximate surface area is 94.3 Å². The van der Waals surface area contributed by atoms with Gasteiger partial charge in [-0.15, -0.1) is 0 Å². The van der Waals surface area contributed by atoms with E-state index < -0.39 is 0 Å². The lowest BCUT2D eigenvalue weighted by Crippen LogP contribution is -1.99. The van der Waals surface area contributed by atoms with Crippen molar-refractivity contribution in [3.05, 3.63) is 51.8 Å². The van der Waals surface area contributed by atoms with Gasteiger partial charge < -0.3 is 5.32 Å². The molecular weight excluding hydrogens is 285 g/mol. The molecule has 1 nitrogen and oxygen atoms in total. The Kier molecular flexibility index (Phi) is 3.14. The Morgan fingerprint density at radius 2 is 2.07 bits per heavy atom. The number of anilines is 1. The van der Waals surface area contributed by atoms with Crippen molar-refractivity contribution in [3.63, 3.8) is 0 Å². The lowest BCUT2D eigenvalue weighted by molar-refractivity contribution is 1.40. The van der Waals surface area contributed by atoms with Crippen molar-refractivity contribution >= 4 is 30.4 Å². The van der Waals surface area contributed by atoms with Crippen LogP contribution >= 0.6 is 20.7 Å². The molecule has 0 amide bonds. The van der Waals surface area contributed by atoms with Crippen molar-refractivity contribution in [2.24, 2.45) is 0 Å². The summed E-state index contributed by atoms with van der Waals surface area (Å²) in [4.78, 5) is 0. The molecule has 2 rings (SSSR count). The Bertz CT molecular complexity index is 416. The average molecular weight is 297 g/mol. The van der Waals surface area contributed by atoms with Crippen LogP contribution in [0.2, 0.25) is 0 Å². The molecule has 0 atom stereocenters. The number of para-hydroxylation sites is 1. The van der Waals surface area contributed by atoms with Crippen LogP contribution in [0.4, 0.5) is 5.69 Å². The molecule has 1 N–H and O–H groups in total. The van der Waals surface area contributed by atoms with Crippen molar-refractivity contribution < 1.29 is 0 Å². The second kappa shape index (κ2) is 4.55. The molecule has 2 heteroatoms. The number of allylic oxidation sites excluding steroid dienone is 2. The zero-order valence-electron chi connectivity index (χ0n) is 8.00. The van der Waals surface area contributed by atoms with Gasteiger partial charge in [0.2, 0.25) is 0 Å². The zero-order chi connectivity index (χ0) is 9.80. The first-order valence-corrected chi connectivity index (χ1v) is 7.00. The lowest BCUT2D eigenvalue weighted by Gasteiger charge is -2.10. The first kappa shape index (κ1) is 9.65. The molecule has 0 spiro atoms. The van der Waals surface area contributed by atoms with Crippen LogP contribution in [0.25, 0.3) is 0 Å². The first-order chi connectivity index (χ1) is 6.86. The largest absolute Gasteiger partial charge is 0.355 e. The molecule has 0 saturated heterocycles. The third-order valence-electron chi connectivity index (χ3n) is 2.05. The first-order valence-electron chi connectivity index (χ1n) is 4.51. The minimum absolute atomic E-state index is 0.182. The van der Waals surface area contributed by atoms with E-state index in [0.717, 1.165) is 0 Å². The number of nitrogens with one attached hydrogen (secondary N) is 1. The minimum atomic E-state index is 0.182. The smallest absolute Gasteiger partial charge is 0.0413 e. The summed E-state index contributed by atoms with van der Waals surface area (Å²) in [6.45, 7) is 2.12. The third kappa shape index (κ3) is 2.32. The van der Waals surface area contributed by atoms with Crippen LogP contribution in [0.1, 0.15) is 5.56 Å². The molecule has 0 aromatic heterocycles. The van der Waals surface area contributed by atoms with Gasteiger partial charge in [-0.25, -0.2) is 0 Å². The highest BCUT2D eigenvalue weighted by molar-refractivity contribution is 14.2. The number of hydrogen-bond donors (Lipinski definition) is 1. The van der Waals surface area contributed by atoms with Gasteiger partial charge in [0.05, 0.1) is 0 Å². The SMILES string of the molecule is Cc1ccccc1NC1=CC=IC=C1. The van der Waals surface area contributed by atoms with E-state index in [0.29, 0.717) is 0 Å². The highest BCUT2D eigenvalue weighted by Gasteiger charge is 1.97. The molecule has 0 unspecified atom stereocenters. The Morgan fingerprint density at radius 1 is 1.21 bits per heavy atom. The van der Waals surface area contributed by atoms with Crippen LogP contribution in [0.3, 0.4) is 0 Å². The molecule has 1 aliphatic heterocycles. The van der Waals surface area contributed by atoms with E-state index in [1.807, 2.05) is 0 Å². The maximum absolute atomic E-state index is 3.41. The predicted molar refractivity (Wildman–Crippen MR) is 72.1 cm³/mol. The van der Waals surface area contributed by atoms with Gasteiger partial charge in [-0.05, 0) is 38.8 Å². The molecule has 72 valence electrons. The van der Waals surface area contributed by atoms with Crippen molar-refractivity contribution in [2.75, 3.05) is 5.32 Å². The van der Waals surface area contributed by atoms with Gasteiger partial charge in [0.15, 0.2) is 0 Å². The fourth-order valence-electron chi connectivity index (χ4n) is 1.26. The maximum Gasteiger partial charge on any atom is 0.0413 e. The fraction of sp³-hybridized carbons (Fsp3) is 0.0833. The lowest BCUT2D eigenvalue weighted by atomic mass is 10.2. The van der Waals surface area contributed by atoms with Gasteiger partial charge >= 0.3 is 0 Å². The Hall–Kier alpha value is -0.900. The predicted octanol–water partition coefficient (Wildman–Crippen LogP) is 3.59. The van der Waals surface area contributed by atoms with Gasteiger partial charge in [-0.3, -0.25) is 0 Å². The summed E-state index contributed by atoms with van der Waals surface area (Å²) in [5.41, 5.74) is 3.66. The van der Waals surface area contributed by atoms with E-state index in [1.54, 1.807) is 0 Å². The second-order valence-electron chi connectivity index (χ2n) is 3.11. The fourth-order valence-corrected chi connectivity index (χ4v) is 2.69. The van der Waals surface area contributed by atoms with Gasteiger partial charge in [-0.2, -0.15) is 0 Å².